The minimum absolute atomic E-state index is 0.0155. The zero-order valence-electron chi connectivity index (χ0n) is 11.1. The van der Waals surface area contributed by atoms with Gasteiger partial charge in [-0.2, -0.15) is 0 Å². The Morgan fingerprint density at radius 1 is 1.35 bits per heavy atom. The van der Waals surface area contributed by atoms with Crippen molar-refractivity contribution in [1.82, 2.24) is 4.98 Å². The Morgan fingerprint density at radius 2 is 2.15 bits per heavy atom. The molecule has 1 heterocycles. The number of amides is 1. The smallest absolute Gasteiger partial charge is 0.255 e. The highest BCUT2D eigenvalue weighted by molar-refractivity contribution is 9.10. The van der Waals surface area contributed by atoms with Gasteiger partial charge >= 0.3 is 0 Å². The van der Waals surface area contributed by atoms with Crippen LogP contribution in [0.2, 0.25) is 0 Å². The summed E-state index contributed by atoms with van der Waals surface area (Å²) >= 11 is 3.43. The quantitative estimate of drug-likeness (QED) is 0.903. The van der Waals surface area contributed by atoms with Crippen LogP contribution in [0.5, 0.6) is 0 Å². The number of aliphatic hydroxyl groups excluding tert-OH is 1. The highest BCUT2D eigenvalue weighted by atomic mass is 79.9. The molecule has 2 N–H and O–H groups in total. The summed E-state index contributed by atoms with van der Waals surface area (Å²) in [5, 5.41) is 11.7. The molecule has 1 aromatic heterocycles. The van der Waals surface area contributed by atoms with Gasteiger partial charge in [0.15, 0.2) is 0 Å². The van der Waals surface area contributed by atoms with Gasteiger partial charge in [-0.15, -0.1) is 0 Å². The van der Waals surface area contributed by atoms with Crippen molar-refractivity contribution in [2.75, 3.05) is 11.9 Å². The van der Waals surface area contributed by atoms with E-state index < -0.39 is 0 Å². The van der Waals surface area contributed by atoms with Gasteiger partial charge in [0.25, 0.3) is 5.91 Å². The molecule has 2 aromatic rings. The normalized spacial score (nSPS) is 10.3. The Balaban J connectivity index is 2.17. The molecular weight excluding hydrogens is 320 g/mol. The molecule has 0 aliphatic heterocycles. The molecule has 0 saturated carbocycles. The van der Waals surface area contributed by atoms with Gasteiger partial charge < -0.3 is 10.4 Å². The van der Waals surface area contributed by atoms with Crippen molar-refractivity contribution in [2.24, 2.45) is 0 Å². The van der Waals surface area contributed by atoms with E-state index in [2.05, 4.69) is 26.2 Å². The summed E-state index contributed by atoms with van der Waals surface area (Å²) < 4.78 is 0.843. The first-order valence-electron chi connectivity index (χ1n) is 6.23. The lowest BCUT2D eigenvalue weighted by Gasteiger charge is -2.08. The lowest BCUT2D eigenvalue weighted by molar-refractivity contribution is 0.102. The second-order valence-corrected chi connectivity index (χ2v) is 5.30. The Hall–Kier alpha value is -1.72. The number of hydrogen-bond acceptors (Lipinski definition) is 3. The van der Waals surface area contributed by atoms with E-state index in [9.17, 15) is 4.79 Å². The summed E-state index contributed by atoms with van der Waals surface area (Å²) in [6, 6.07) is 9.07. The number of anilines is 1. The van der Waals surface area contributed by atoms with Crippen molar-refractivity contribution in [3.63, 3.8) is 0 Å². The van der Waals surface area contributed by atoms with Gasteiger partial charge in [-0.05, 0) is 52.7 Å². The minimum Gasteiger partial charge on any atom is -0.396 e. The lowest BCUT2D eigenvalue weighted by atomic mass is 10.1. The van der Waals surface area contributed by atoms with Crippen LogP contribution in [-0.4, -0.2) is 22.6 Å². The molecule has 0 spiro atoms. The molecule has 0 aliphatic rings. The third-order valence-electron chi connectivity index (χ3n) is 2.82. The average molecular weight is 335 g/mol. The van der Waals surface area contributed by atoms with Crippen molar-refractivity contribution in [3.8, 4) is 0 Å². The van der Waals surface area contributed by atoms with E-state index in [4.69, 9.17) is 5.11 Å². The van der Waals surface area contributed by atoms with Gasteiger partial charge in [-0.1, -0.05) is 6.07 Å². The standard InChI is InChI=1S/C15H15BrN2O2/c1-10-2-3-14(13(16)8-10)18-15(20)11-4-6-17-12(9-11)5-7-19/h2-4,6,8-9,19H,5,7H2,1H3,(H,18,20). The second-order valence-electron chi connectivity index (χ2n) is 4.45. The molecule has 20 heavy (non-hydrogen) atoms. The van der Waals surface area contributed by atoms with Crippen LogP contribution in [0.1, 0.15) is 21.6 Å². The van der Waals surface area contributed by atoms with Crippen LogP contribution in [0.4, 0.5) is 5.69 Å². The summed E-state index contributed by atoms with van der Waals surface area (Å²) in [4.78, 5) is 16.3. The maximum Gasteiger partial charge on any atom is 0.255 e. The molecule has 1 aromatic carbocycles. The van der Waals surface area contributed by atoms with Crippen molar-refractivity contribution in [2.45, 2.75) is 13.3 Å². The van der Waals surface area contributed by atoms with Crippen LogP contribution < -0.4 is 5.32 Å². The largest absolute Gasteiger partial charge is 0.396 e. The molecule has 5 heteroatoms. The van der Waals surface area contributed by atoms with Crippen molar-refractivity contribution in [1.29, 1.82) is 0 Å². The lowest BCUT2D eigenvalue weighted by Crippen LogP contribution is -2.13. The van der Waals surface area contributed by atoms with E-state index in [1.807, 2.05) is 25.1 Å². The van der Waals surface area contributed by atoms with Gasteiger partial charge in [-0.3, -0.25) is 9.78 Å². The first-order valence-corrected chi connectivity index (χ1v) is 7.03. The summed E-state index contributed by atoms with van der Waals surface area (Å²) in [5.41, 5.74) is 3.06. The molecule has 1 amide bonds. The fourth-order valence-electron chi connectivity index (χ4n) is 1.79. The van der Waals surface area contributed by atoms with Gasteiger partial charge in [0, 0.05) is 35.0 Å². The summed E-state index contributed by atoms with van der Waals surface area (Å²) in [6.45, 7) is 2.00. The number of halogens is 1. The van der Waals surface area contributed by atoms with Gasteiger partial charge in [-0.25, -0.2) is 0 Å². The number of aliphatic hydroxyl groups is 1. The zero-order valence-corrected chi connectivity index (χ0v) is 12.6. The van der Waals surface area contributed by atoms with Crippen LogP contribution in [0.15, 0.2) is 41.0 Å². The Bertz CT molecular complexity index is 629. The third-order valence-corrected chi connectivity index (χ3v) is 3.48. The predicted molar refractivity (Wildman–Crippen MR) is 81.9 cm³/mol. The number of pyridine rings is 1. The van der Waals surface area contributed by atoms with Crippen molar-refractivity contribution >= 4 is 27.5 Å². The number of hydrogen-bond donors (Lipinski definition) is 2. The van der Waals surface area contributed by atoms with E-state index in [0.29, 0.717) is 17.7 Å². The molecule has 4 nitrogen and oxygen atoms in total. The number of carbonyl (C=O) groups is 1. The molecule has 0 radical (unpaired) electrons. The van der Waals surface area contributed by atoms with Crippen LogP contribution >= 0.6 is 15.9 Å². The average Bonchev–Trinajstić information content (AvgIpc) is 2.42. The molecule has 104 valence electrons. The summed E-state index contributed by atoms with van der Waals surface area (Å²) in [6.07, 6.45) is 2.01. The van der Waals surface area contributed by atoms with Crippen LogP contribution in [0.3, 0.4) is 0 Å². The summed E-state index contributed by atoms with van der Waals surface area (Å²) in [7, 11) is 0. The fraction of sp³-hybridized carbons (Fsp3) is 0.200. The number of aromatic nitrogens is 1. The highest BCUT2D eigenvalue weighted by Crippen LogP contribution is 2.23. The number of nitrogens with one attached hydrogen (secondary N) is 1. The zero-order chi connectivity index (χ0) is 14.5. The van der Waals surface area contributed by atoms with Gasteiger partial charge in [0.05, 0.1) is 5.69 Å². The van der Waals surface area contributed by atoms with Gasteiger partial charge in [0.2, 0.25) is 0 Å². The maximum atomic E-state index is 12.2. The minimum atomic E-state index is -0.198. The molecule has 0 unspecified atom stereocenters. The van der Waals surface area contributed by atoms with E-state index in [-0.39, 0.29) is 12.5 Å². The molecule has 0 saturated heterocycles. The number of benzene rings is 1. The molecule has 0 aliphatic carbocycles. The number of rotatable bonds is 4. The molecule has 0 bridgehead atoms. The van der Waals surface area contributed by atoms with Crippen molar-refractivity contribution < 1.29 is 9.90 Å². The number of carbonyl (C=O) groups excluding carboxylic acids is 1. The van der Waals surface area contributed by atoms with E-state index in [1.165, 1.54) is 0 Å². The molecule has 0 fully saturated rings. The highest BCUT2D eigenvalue weighted by Gasteiger charge is 2.09. The topological polar surface area (TPSA) is 62.2 Å². The van der Waals surface area contributed by atoms with Crippen LogP contribution in [0.25, 0.3) is 0 Å². The third kappa shape index (κ3) is 3.65. The summed E-state index contributed by atoms with van der Waals surface area (Å²) in [5.74, 6) is -0.198. The second kappa shape index (κ2) is 6.63. The van der Waals surface area contributed by atoms with Crippen LogP contribution in [0, 0.1) is 6.92 Å². The molecule has 2 rings (SSSR count). The number of aryl methyl sites for hydroxylation is 1. The van der Waals surface area contributed by atoms with E-state index >= 15 is 0 Å². The van der Waals surface area contributed by atoms with Gasteiger partial charge in [0.1, 0.15) is 0 Å². The number of nitrogens with zero attached hydrogens (tertiary/aromatic N) is 1. The van der Waals surface area contributed by atoms with Crippen LogP contribution in [-0.2, 0) is 6.42 Å². The fourth-order valence-corrected chi connectivity index (χ4v) is 2.38. The predicted octanol–water partition coefficient (Wildman–Crippen LogP) is 2.94. The van der Waals surface area contributed by atoms with E-state index in [1.54, 1.807) is 18.3 Å². The van der Waals surface area contributed by atoms with Crippen molar-refractivity contribution in [3.05, 3.63) is 57.8 Å². The van der Waals surface area contributed by atoms with E-state index in [0.717, 1.165) is 15.7 Å². The molecule has 0 atom stereocenters. The first-order chi connectivity index (χ1) is 9.60. The molecular formula is C15H15BrN2O2. The first kappa shape index (κ1) is 14.7. The Morgan fingerprint density at radius 3 is 2.85 bits per heavy atom. The Labute approximate surface area is 126 Å². The monoisotopic (exact) mass is 334 g/mol. The maximum absolute atomic E-state index is 12.2. The SMILES string of the molecule is Cc1ccc(NC(=O)c2ccnc(CCO)c2)c(Br)c1. The Kier molecular flexibility index (Phi) is 4.87.